The third kappa shape index (κ3) is 7.54. The number of nitrogens with zero attached hydrogens (tertiary/aromatic N) is 1. The number of ether oxygens (including phenoxy) is 1. The third-order valence-electron chi connectivity index (χ3n) is 4.46. The summed E-state index contributed by atoms with van der Waals surface area (Å²) in [4.78, 5) is 27.2. The highest BCUT2D eigenvalue weighted by Crippen LogP contribution is 2.17. The molecular weight excluding hydrogens is 432 g/mol. The Labute approximate surface area is 181 Å². The number of amides is 2. The number of hydrogen-bond acceptors (Lipinski definition) is 3. The molecule has 0 aliphatic heterocycles. The highest BCUT2D eigenvalue weighted by Gasteiger charge is 2.26. The van der Waals surface area contributed by atoms with Gasteiger partial charge in [-0.15, -0.1) is 0 Å². The van der Waals surface area contributed by atoms with Crippen LogP contribution in [0, 0.1) is 12.8 Å². The zero-order chi connectivity index (χ0) is 21.4. The molecule has 0 saturated carbocycles. The Kier molecular flexibility index (Phi) is 8.70. The summed E-state index contributed by atoms with van der Waals surface area (Å²) >= 11 is 3.38. The number of nitrogens with one attached hydrogen (secondary N) is 1. The van der Waals surface area contributed by atoms with Crippen molar-refractivity contribution in [3.63, 3.8) is 0 Å². The molecule has 2 rings (SSSR count). The molecule has 0 aliphatic carbocycles. The van der Waals surface area contributed by atoms with Gasteiger partial charge in [0.2, 0.25) is 5.91 Å². The lowest BCUT2D eigenvalue weighted by Gasteiger charge is -2.29. The second-order valence-electron chi connectivity index (χ2n) is 7.57. The molecule has 1 atom stereocenters. The monoisotopic (exact) mass is 460 g/mol. The molecule has 156 valence electrons. The van der Waals surface area contributed by atoms with Crippen LogP contribution in [0.3, 0.4) is 0 Å². The van der Waals surface area contributed by atoms with Crippen molar-refractivity contribution in [1.82, 2.24) is 10.2 Å². The third-order valence-corrected chi connectivity index (χ3v) is 4.99. The van der Waals surface area contributed by atoms with Crippen molar-refractivity contribution in [3.8, 4) is 5.75 Å². The van der Waals surface area contributed by atoms with Crippen LogP contribution in [-0.2, 0) is 16.1 Å². The lowest BCUT2D eigenvalue weighted by Crippen LogP contribution is -2.49. The summed E-state index contributed by atoms with van der Waals surface area (Å²) in [7, 11) is 0. The molecule has 0 saturated heterocycles. The Hall–Kier alpha value is -2.34. The Morgan fingerprint density at radius 1 is 1.10 bits per heavy atom. The van der Waals surface area contributed by atoms with Crippen LogP contribution in [0.4, 0.5) is 0 Å². The molecule has 6 heteroatoms. The maximum Gasteiger partial charge on any atom is 0.261 e. The molecule has 0 bridgehead atoms. The van der Waals surface area contributed by atoms with E-state index in [-0.39, 0.29) is 18.4 Å². The van der Waals surface area contributed by atoms with Gasteiger partial charge in [0.15, 0.2) is 6.61 Å². The van der Waals surface area contributed by atoms with Gasteiger partial charge in [0.25, 0.3) is 5.91 Å². The molecule has 0 radical (unpaired) electrons. The molecule has 0 unspecified atom stereocenters. The molecule has 0 aromatic heterocycles. The molecule has 5 nitrogen and oxygen atoms in total. The predicted octanol–water partition coefficient (Wildman–Crippen LogP) is 4.33. The molecule has 29 heavy (non-hydrogen) atoms. The zero-order valence-electron chi connectivity index (χ0n) is 17.4. The largest absolute Gasteiger partial charge is 0.484 e. The van der Waals surface area contributed by atoms with Gasteiger partial charge in [-0.3, -0.25) is 9.59 Å². The van der Waals surface area contributed by atoms with Crippen molar-refractivity contribution in [3.05, 3.63) is 64.1 Å². The van der Waals surface area contributed by atoms with E-state index < -0.39 is 6.04 Å². The Morgan fingerprint density at radius 2 is 1.79 bits per heavy atom. The van der Waals surface area contributed by atoms with E-state index in [2.05, 4.69) is 21.2 Å². The summed E-state index contributed by atoms with van der Waals surface area (Å²) in [5, 5.41) is 2.92. The maximum atomic E-state index is 13.0. The lowest BCUT2D eigenvalue weighted by atomic mass is 10.1. The van der Waals surface area contributed by atoms with Gasteiger partial charge in [0.1, 0.15) is 11.8 Å². The standard InChI is InChI=1S/C23H29BrN2O3/c1-16(2)13-25-23(28)18(4)26(14-19-7-5-6-17(3)12-19)22(27)15-29-21-10-8-20(24)9-11-21/h5-12,16,18H,13-15H2,1-4H3,(H,25,28)/t18-/m1/s1. The first kappa shape index (κ1) is 22.9. The quantitative estimate of drug-likeness (QED) is 0.605. The smallest absolute Gasteiger partial charge is 0.261 e. The molecule has 2 aromatic carbocycles. The van der Waals surface area contributed by atoms with Crippen molar-refractivity contribution in [1.29, 1.82) is 0 Å². The minimum atomic E-state index is -0.602. The predicted molar refractivity (Wildman–Crippen MR) is 119 cm³/mol. The Balaban J connectivity index is 2.12. The Bertz CT molecular complexity index is 821. The van der Waals surface area contributed by atoms with Crippen LogP contribution in [0.1, 0.15) is 31.9 Å². The average Bonchev–Trinajstić information content (AvgIpc) is 2.69. The summed E-state index contributed by atoms with van der Waals surface area (Å²) < 4.78 is 6.59. The van der Waals surface area contributed by atoms with E-state index in [0.717, 1.165) is 15.6 Å². The van der Waals surface area contributed by atoms with Crippen LogP contribution < -0.4 is 10.1 Å². The van der Waals surface area contributed by atoms with Gasteiger partial charge < -0.3 is 15.0 Å². The van der Waals surface area contributed by atoms with Gasteiger partial charge >= 0.3 is 0 Å². The number of carbonyl (C=O) groups is 2. The first-order valence-corrected chi connectivity index (χ1v) is 10.6. The van der Waals surface area contributed by atoms with Crippen molar-refractivity contribution in [2.75, 3.05) is 13.2 Å². The summed E-state index contributed by atoms with van der Waals surface area (Å²) in [6, 6.07) is 14.6. The van der Waals surface area contributed by atoms with E-state index in [1.807, 2.05) is 57.2 Å². The van der Waals surface area contributed by atoms with Crippen molar-refractivity contribution in [2.24, 2.45) is 5.92 Å². The van der Waals surface area contributed by atoms with Crippen LogP contribution in [-0.4, -0.2) is 35.9 Å². The first-order valence-electron chi connectivity index (χ1n) is 9.77. The van der Waals surface area contributed by atoms with E-state index in [4.69, 9.17) is 4.74 Å². The van der Waals surface area contributed by atoms with Crippen LogP contribution in [0.15, 0.2) is 53.0 Å². The van der Waals surface area contributed by atoms with Crippen molar-refractivity contribution < 1.29 is 14.3 Å². The molecular formula is C23H29BrN2O3. The fraction of sp³-hybridized carbons (Fsp3) is 0.391. The van der Waals surface area contributed by atoms with Crippen LogP contribution in [0.5, 0.6) is 5.75 Å². The van der Waals surface area contributed by atoms with Crippen LogP contribution in [0.25, 0.3) is 0 Å². The summed E-state index contributed by atoms with van der Waals surface area (Å²) in [5.74, 6) is 0.548. The van der Waals surface area contributed by atoms with Crippen molar-refractivity contribution >= 4 is 27.7 Å². The summed E-state index contributed by atoms with van der Waals surface area (Å²) in [5.41, 5.74) is 2.09. The molecule has 0 aliphatic rings. The average molecular weight is 461 g/mol. The molecule has 2 aromatic rings. The van der Waals surface area contributed by atoms with E-state index in [0.29, 0.717) is 24.8 Å². The van der Waals surface area contributed by atoms with Gasteiger partial charge in [-0.1, -0.05) is 59.6 Å². The van der Waals surface area contributed by atoms with E-state index >= 15 is 0 Å². The lowest BCUT2D eigenvalue weighted by molar-refractivity contribution is -0.142. The second kappa shape index (κ2) is 11.0. The van der Waals surface area contributed by atoms with Crippen LogP contribution in [0.2, 0.25) is 0 Å². The number of benzene rings is 2. The number of carbonyl (C=O) groups excluding carboxylic acids is 2. The highest BCUT2D eigenvalue weighted by molar-refractivity contribution is 9.10. The molecule has 0 heterocycles. The van der Waals surface area contributed by atoms with Gasteiger partial charge in [-0.2, -0.15) is 0 Å². The molecule has 0 spiro atoms. The van der Waals surface area contributed by atoms with Crippen molar-refractivity contribution in [2.45, 2.75) is 40.3 Å². The topological polar surface area (TPSA) is 58.6 Å². The number of aryl methyl sites for hydroxylation is 1. The fourth-order valence-electron chi connectivity index (χ4n) is 2.80. The molecule has 2 amide bonds. The SMILES string of the molecule is Cc1cccc(CN(C(=O)COc2ccc(Br)cc2)[C@H](C)C(=O)NCC(C)C)c1. The highest BCUT2D eigenvalue weighted by atomic mass is 79.9. The summed E-state index contributed by atoms with van der Waals surface area (Å²) in [6.07, 6.45) is 0. The first-order chi connectivity index (χ1) is 13.8. The molecule has 1 N–H and O–H groups in total. The van der Waals surface area contributed by atoms with E-state index in [9.17, 15) is 9.59 Å². The minimum Gasteiger partial charge on any atom is -0.484 e. The number of rotatable bonds is 9. The van der Waals surface area contributed by atoms with E-state index in [1.54, 1.807) is 24.0 Å². The van der Waals surface area contributed by atoms with Gasteiger partial charge in [0, 0.05) is 17.6 Å². The molecule has 0 fully saturated rings. The van der Waals surface area contributed by atoms with Crippen LogP contribution >= 0.6 is 15.9 Å². The zero-order valence-corrected chi connectivity index (χ0v) is 19.0. The van der Waals surface area contributed by atoms with Gasteiger partial charge in [-0.05, 0) is 49.6 Å². The van der Waals surface area contributed by atoms with Gasteiger partial charge in [-0.25, -0.2) is 0 Å². The Morgan fingerprint density at radius 3 is 2.41 bits per heavy atom. The van der Waals surface area contributed by atoms with E-state index in [1.165, 1.54) is 0 Å². The maximum absolute atomic E-state index is 13.0. The minimum absolute atomic E-state index is 0.130. The number of halogens is 1. The van der Waals surface area contributed by atoms with Gasteiger partial charge in [0.05, 0.1) is 0 Å². The normalized spacial score (nSPS) is 11.8. The summed E-state index contributed by atoms with van der Waals surface area (Å²) in [6.45, 7) is 8.62. The fourth-order valence-corrected chi connectivity index (χ4v) is 3.07. The number of hydrogen-bond donors (Lipinski definition) is 1. The second-order valence-corrected chi connectivity index (χ2v) is 8.48.